The molecule has 11 heteroatoms. The van der Waals surface area contributed by atoms with E-state index in [9.17, 15) is 23.1 Å². The van der Waals surface area contributed by atoms with Crippen LogP contribution in [0, 0.1) is 22.9 Å². The van der Waals surface area contributed by atoms with Crippen molar-refractivity contribution in [3.63, 3.8) is 0 Å². The lowest BCUT2D eigenvalue weighted by Gasteiger charge is -2.39. The van der Waals surface area contributed by atoms with E-state index in [1.807, 2.05) is 19.0 Å². The minimum Gasteiger partial charge on any atom is -0.497 e. The molecule has 2 N–H and O–H groups in total. The quantitative estimate of drug-likeness (QED) is 0.226. The number of anilines is 2. The number of carboxylic acids is 1. The second kappa shape index (κ2) is 12.3. The van der Waals surface area contributed by atoms with E-state index in [1.54, 1.807) is 36.4 Å². The van der Waals surface area contributed by atoms with Crippen molar-refractivity contribution in [3.8, 4) is 5.75 Å². The Kier molecular flexibility index (Phi) is 9.02. The molecular formula is C29H34F4N4O3. The normalized spacial score (nSPS) is 16.1. The Morgan fingerprint density at radius 1 is 1.18 bits per heavy atom. The minimum absolute atomic E-state index is 0.0344. The van der Waals surface area contributed by atoms with Crippen LogP contribution in [0.3, 0.4) is 0 Å². The molecule has 1 saturated heterocycles. The predicted octanol–water partition coefficient (Wildman–Crippen LogP) is 5.80. The van der Waals surface area contributed by atoms with Gasteiger partial charge >= 0.3 is 5.97 Å². The molecule has 1 unspecified atom stereocenters. The number of carboxylic acid groups (broad SMARTS) is 1. The van der Waals surface area contributed by atoms with Crippen molar-refractivity contribution < 1.29 is 32.2 Å². The molecule has 2 heterocycles. The van der Waals surface area contributed by atoms with Crippen molar-refractivity contribution >= 4 is 28.2 Å². The van der Waals surface area contributed by atoms with Gasteiger partial charge in [0, 0.05) is 56.0 Å². The fraction of sp³-hybridized carbons (Fsp3) is 0.448. The fourth-order valence-corrected chi connectivity index (χ4v) is 5.33. The van der Waals surface area contributed by atoms with Crippen LogP contribution >= 0.6 is 0 Å². The zero-order valence-corrected chi connectivity index (χ0v) is 22.8. The summed E-state index contributed by atoms with van der Waals surface area (Å²) < 4.78 is 61.4. The summed E-state index contributed by atoms with van der Waals surface area (Å²) in [7, 11) is 5.16. The van der Waals surface area contributed by atoms with E-state index in [-0.39, 0.29) is 18.5 Å². The average molecular weight is 563 g/mol. The van der Waals surface area contributed by atoms with Crippen LogP contribution < -0.4 is 15.0 Å². The van der Waals surface area contributed by atoms with E-state index in [0.717, 1.165) is 12.1 Å². The third kappa shape index (κ3) is 6.24. The van der Waals surface area contributed by atoms with Gasteiger partial charge in [0.25, 0.3) is 0 Å². The van der Waals surface area contributed by atoms with E-state index in [2.05, 4.69) is 10.3 Å². The maximum absolute atomic E-state index is 16.0. The molecule has 0 saturated carbocycles. The summed E-state index contributed by atoms with van der Waals surface area (Å²) in [6, 6.07) is 7.07. The summed E-state index contributed by atoms with van der Waals surface area (Å²) in [5, 5.41) is 13.6. The number of benzene rings is 2. The molecule has 0 amide bonds. The van der Waals surface area contributed by atoms with Crippen LogP contribution in [-0.4, -0.2) is 68.3 Å². The summed E-state index contributed by atoms with van der Waals surface area (Å²) in [5.41, 5.74) is 0.786. The number of aliphatic carboxylic acids is 1. The minimum atomic E-state index is -1.52. The Morgan fingerprint density at radius 3 is 2.45 bits per heavy atom. The second-order valence-electron chi connectivity index (χ2n) is 10.4. The van der Waals surface area contributed by atoms with Crippen LogP contribution in [0.4, 0.5) is 28.9 Å². The first-order valence-corrected chi connectivity index (χ1v) is 13.2. The number of piperidine rings is 1. The van der Waals surface area contributed by atoms with Crippen LogP contribution in [0.15, 0.2) is 36.5 Å². The third-order valence-electron chi connectivity index (χ3n) is 7.77. The van der Waals surface area contributed by atoms with E-state index in [0.29, 0.717) is 66.9 Å². The highest BCUT2D eigenvalue weighted by Gasteiger charge is 2.42. The van der Waals surface area contributed by atoms with Gasteiger partial charge in [-0.05, 0) is 57.0 Å². The first-order chi connectivity index (χ1) is 19.0. The van der Waals surface area contributed by atoms with Gasteiger partial charge in [-0.3, -0.25) is 9.78 Å². The molecule has 1 aliphatic rings. The predicted molar refractivity (Wildman–Crippen MR) is 146 cm³/mol. The first kappa shape index (κ1) is 29.4. The molecule has 0 bridgehead atoms. The Hall–Kier alpha value is -3.60. The molecule has 7 nitrogen and oxygen atoms in total. The molecular weight excluding hydrogens is 528 g/mol. The number of aromatic nitrogens is 1. The highest BCUT2D eigenvalue weighted by atomic mass is 19.2. The number of methoxy groups -OCH3 is 1. The van der Waals surface area contributed by atoms with Gasteiger partial charge in [0.05, 0.1) is 29.9 Å². The number of carbonyl (C=O) groups is 1. The number of halogens is 4. The Balaban J connectivity index is 1.40. The number of hydrogen-bond acceptors (Lipinski definition) is 6. The van der Waals surface area contributed by atoms with Gasteiger partial charge in [0.1, 0.15) is 11.9 Å². The number of hydrogen-bond donors (Lipinski definition) is 2. The molecule has 0 radical (unpaired) electrons. The van der Waals surface area contributed by atoms with Crippen LogP contribution in [0.25, 0.3) is 10.9 Å². The van der Waals surface area contributed by atoms with E-state index >= 15 is 4.39 Å². The van der Waals surface area contributed by atoms with Gasteiger partial charge in [-0.2, -0.15) is 0 Å². The van der Waals surface area contributed by atoms with Crippen LogP contribution in [0.2, 0.25) is 0 Å². The largest absolute Gasteiger partial charge is 0.497 e. The summed E-state index contributed by atoms with van der Waals surface area (Å²) in [5.74, 6) is -4.41. The van der Waals surface area contributed by atoms with Crippen LogP contribution in [-0.2, 0) is 4.79 Å². The molecule has 0 spiro atoms. The zero-order chi connectivity index (χ0) is 29.0. The standard InChI is InChI=1S/C29H34F4N4O3/c1-36(2)25-17-35-24-5-4-19(40-3)16-20(24)26(25)21(30)6-7-29(28(38)39)8-11-37(12-9-29)13-10-34-18-14-22(31)27(33)23(32)15-18/h4-5,14-17,21,34H,6-13H2,1-3H3,(H,38,39). The van der Waals surface area contributed by atoms with Crippen LogP contribution in [0.5, 0.6) is 5.75 Å². The molecule has 4 rings (SSSR count). The van der Waals surface area contributed by atoms with Crippen molar-refractivity contribution in [3.05, 3.63) is 59.5 Å². The average Bonchev–Trinajstić information content (AvgIpc) is 2.94. The Bertz CT molecular complexity index is 1340. The number of fused-ring (bicyclic) bond motifs is 1. The number of nitrogens with one attached hydrogen (secondary N) is 1. The van der Waals surface area contributed by atoms with Gasteiger partial charge in [-0.25, -0.2) is 17.6 Å². The van der Waals surface area contributed by atoms with Gasteiger partial charge in [0.15, 0.2) is 17.5 Å². The second-order valence-corrected chi connectivity index (χ2v) is 10.4. The van der Waals surface area contributed by atoms with Gasteiger partial charge in [-0.15, -0.1) is 0 Å². The van der Waals surface area contributed by atoms with E-state index in [1.165, 1.54) is 0 Å². The summed E-state index contributed by atoms with van der Waals surface area (Å²) >= 11 is 0. The van der Waals surface area contributed by atoms with Gasteiger partial charge in [0.2, 0.25) is 0 Å². The Labute approximate surface area is 230 Å². The zero-order valence-electron chi connectivity index (χ0n) is 22.8. The number of pyridine rings is 1. The Morgan fingerprint density at radius 2 is 1.85 bits per heavy atom. The topological polar surface area (TPSA) is 77.9 Å². The molecule has 1 aliphatic heterocycles. The monoisotopic (exact) mass is 562 g/mol. The molecule has 1 fully saturated rings. The number of alkyl halides is 1. The number of rotatable bonds is 11. The van der Waals surface area contributed by atoms with E-state index < -0.39 is 35.0 Å². The smallest absolute Gasteiger partial charge is 0.309 e. The van der Waals surface area contributed by atoms with Gasteiger partial charge < -0.3 is 25.0 Å². The number of likely N-dealkylation sites (tertiary alicyclic amines) is 1. The molecule has 3 aromatic rings. The summed E-state index contributed by atoms with van der Waals surface area (Å²) in [6.45, 7) is 1.80. The number of ether oxygens (including phenoxy) is 1. The lowest BCUT2D eigenvalue weighted by molar-refractivity contribution is -0.153. The molecule has 0 aliphatic carbocycles. The lowest BCUT2D eigenvalue weighted by atomic mass is 9.74. The summed E-state index contributed by atoms with van der Waals surface area (Å²) in [4.78, 5) is 20.7. The van der Waals surface area contributed by atoms with Crippen molar-refractivity contribution in [2.24, 2.45) is 5.41 Å². The third-order valence-corrected chi connectivity index (χ3v) is 7.77. The molecule has 1 atom stereocenters. The summed E-state index contributed by atoms with van der Waals surface area (Å²) in [6.07, 6.45) is 1.12. The molecule has 216 valence electrons. The fourth-order valence-electron chi connectivity index (χ4n) is 5.33. The van der Waals surface area contributed by atoms with Crippen LogP contribution in [0.1, 0.15) is 37.4 Å². The first-order valence-electron chi connectivity index (χ1n) is 13.2. The van der Waals surface area contributed by atoms with Crippen molar-refractivity contribution in [1.29, 1.82) is 0 Å². The highest BCUT2D eigenvalue weighted by Crippen LogP contribution is 2.43. The van der Waals surface area contributed by atoms with Crippen molar-refractivity contribution in [1.82, 2.24) is 9.88 Å². The van der Waals surface area contributed by atoms with Gasteiger partial charge in [-0.1, -0.05) is 0 Å². The molecule has 2 aromatic carbocycles. The lowest BCUT2D eigenvalue weighted by Crippen LogP contribution is -2.45. The highest BCUT2D eigenvalue weighted by molar-refractivity contribution is 5.88. The molecule has 40 heavy (non-hydrogen) atoms. The van der Waals surface area contributed by atoms with E-state index in [4.69, 9.17) is 4.74 Å². The number of nitrogens with zero attached hydrogens (tertiary/aromatic N) is 3. The van der Waals surface area contributed by atoms with Crippen molar-refractivity contribution in [2.45, 2.75) is 31.9 Å². The maximum Gasteiger partial charge on any atom is 0.309 e. The van der Waals surface area contributed by atoms with Crippen molar-refractivity contribution in [2.75, 3.05) is 57.6 Å². The molecule has 1 aromatic heterocycles. The maximum atomic E-state index is 16.0. The SMILES string of the molecule is COc1ccc2ncc(N(C)C)c(C(F)CCC3(C(=O)O)CCN(CCNc4cc(F)c(F)c(F)c4)CC3)c2c1.